The summed E-state index contributed by atoms with van der Waals surface area (Å²) in [5.74, 6) is 0. The SMILES string of the molecule is c1ccc(-c2ccc(N(c3ccc(-c4ccccc4)cc3)c3ccc(-c4cc(-n5c6ccccc6c6cc7ccccc7cc65)cc5c4oc4ccccc45)cc3)cc2)cc1. The lowest BCUT2D eigenvalue weighted by Gasteiger charge is -2.26. The molecule has 0 bridgehead atoms. The molecule has 2 heterocycles. The molecule has 0 spiro atoms. The van der Waals surface area contributed by atoms with Gasteiger partial charge < -0.3 is 13.9 Å². The molecule has 12 rings (SSSR count). The number of furan rings is 1. The lowest BCUT2D eigenvalue weighted by atomic mass is 10.00. The van der Waals surface area contributed by atoms with Gasteiger partial charge in [-0.1, -0.05) is 158 Å². The van der Waals surface area contributed by atoms with Gasteiger partial charge in [-0.15, -0.1) is 0 Å². The van der Waals surface area contributed by atoms with E-state index in [0.29, 0.717) is 0 Å². The molecule has 3 nitrogen and oxygen atoms in total. The molecule has 0 amide bonds. The maximum absolute atomic E-state index is 6.73. The number of benzene rings is 10. The Hall–Kier alpha value is -8.14. The van der Waals surface area contributed by atoms with Crippen molar-refractivity contribution >= 4 is 71.6 Å². The Morgan fingerprint density at radius 2 is 0.820 bits per heavy atom. The zero-order chi connectivity index (χ0) is 40.3. The van der Waals surface area contributed by atoms with E-state index in [1.54, 1.807) is 0 Å². The van der Waals surface area contributed by atoms with Gasteiger partial charge >= 0.3 is 0 Å². The number of para-hydroxylation sites is 2. The minimum absolute atomic E-state index is 0.879. The molecule has 0 saturated carbocycles. The highest BCUT2D eigenvalue weighted by Crippen LogP contribution is 2.43. The number of hydrogen-bond acceptors (Lipinski definition) is 2. The summed E-state index contributed by atoms with van der Waals surface area (Å²) in [6.07, 6.45) is 0. The first-order valence-corrected chi connectivity index (χ1v) is 20.8. The van der Waals surface area contributed by atoms with E-state index in [2.05, 4.69) is 234 Å². The first-order chi connectivity index (χ1) is 30.2. The third kappa shape index (κ3) is 5.98. The highest BCUT2D eigenvalue weighted by atomic mass is 16.3. The second-order valence-corrected chi connectivity index (χ2v) is 15.7. The number of hydrogen-bond donors (Lipinski definition) is 0. The van der Waals surface area contributed by atoms with E-state index >= 15 is 0 Å². The van der Waals surface area contributed by atoms with Crippen LogP contribution in [-0.2, 0) is 0 Å². The summed E-state index contributed by atoms with van der Waals surface area (Å²) in [5, 5.41) is 7.14. The summed E-state index contributed by atoms with van der Waals surface area (Å²) >= 11 is 0. The van der Waals surface area contributed by atoms with Crippen LogP contribution in [-0.4, -0.2) is 4.57 Å². The zero-order valence-electron chi connectivity index (χ0n) is 33.2. The van der Waals surface area contributed by atoms with Gasteiger partial charge in [-0.3, -0.25) is 0 Å². The molecule has 0 aliphatic carbocycles. The molecule has 2 aromatic heterocycles. The van der Waals surface area contributed by atoms with Crippen LogP contribution in [0.4, 0.5) is 17.1 Å². The molecule has 0 aliphatic heterocycles. The van der Waals surface area contributed by atoms with Crippen LogP contribution in [0.3, 0.4) is 0 Å². The fraction of sp³-hybridized carbons (Fsp3) is 0. The van der Waals surface area contributed by atoms with Crippen molar-refractivity contribution in [1.29, 1.82) is 0 Å². The number of fused-ring (bicyclic) bond motifs is 7. The van der Waals surface area contributed by atoms with E-state index in [-0.39, 0.29) is 0 Å². The molecule has 10 aromatic carbocycles. The Kier molecular flexibility index (Phi) is 8.17. The third-order valence-electron chi connectivity index (χ3n) is 12.2. The van der Waals surface area contributed by atoms with E-state index in [4.69, 9.17) is 4.42 Å². The molecule has 0 saturated heterocycles. The first kappa shape index (κ1) is 34.9. The average Bonchev–Trinajstić information content (AvgIpc) is 3.87. The summed E-state index contributed by atoms with van der Waals surface area (Å²) in [4.78, 5) is 2.34. The lowest BCUT2D eigenvalue weighted by Crippen LogP contribution is -2.09. The highest BCUT2D eigenvalue weighted by molar-refractivity contribution is 6.15. The van der Waals surface area contributed by atoms with Gasteiger partial charge in [0.25, 0.3) is 0 Å². The van der Waals surface area contributed by atoms with Crippen LogP contribution in [0.2, 0.25) is 0 Å². The number of aromatic nitrogens is 1. The van der Waals surface area contributed by atoms with Gasteiger partial charge in [0.15, 0.2) is 0 Å². The van der Waals surface area contributed by atoms with Crippen molar-refractivity contribution in [3.8, 4) is 39.1 Å². The number of nitrogens with zero attached hydrogens (tertiary/aromatic N) is 2. The fourth-order valence-corrected chi connectivity index (χ4v) is 9.19. The van der Waals surface area contributed by atoms with Crippen LogP contribution >= 0.6 is 0 Å². The van der Waals surface area contributed by atoms with Crippen LogP contribution in [0.15, 0.2) is 235 Å². The molecule has 0 atom stereocenters. The monoisotopic (exact) mass is 778 g/mol. The van der Waals surface area contributed by atoms with Gasteiger partial charge in [0.1, 0.15) is 11.2 Å². The highest BCUT2D eigenvalue weighted by Gasteiger charge is 2.20. The number of anilines is 3. The summed E-state index contributed by atoms with van der Waals surface area (Å²) in [6, 6.07) is 82.9. The standard InChI is InChI=1S/C58H38N2O/c1-3-13-39(14-4-1)41-23-29-46(30-24-41)59(47-31-25-42(26-32-47)40-15-5-2-6-16-40)48-33-27-43(28-34-48)52-37-49(38-54-51-20-10-12-22-57(51)61-58(52)54)60-55-21-11-9-19-50(55)53-35-44-17-7-8-18-45(44)36-56(53)60/h1-38H. The van der Waals surface area contributed by atoms with E-state index in [1.165, 1.54) is 54.8 Å². The average molecular weight is 779 g/mol. The molecule has 61 heavy (non-hydrogen) atoms. The Bertz CT molecular complexity index is 3460. The topological polar surface area (TPSA) is 21.3 Å². The Morgan fingerprint density at radius 3 is 1.44 bits per heavy atom. The summed E-state index contributed by atoms with van der Waals surface area (Å²) in [7, 11) is 0. The largest absolute Gasteiger partial charge is 0.455 e. The van der Waals surface area contributed by atoms with E-state index in [1.807, 2.05) is 6.07 Å². The van der Waals surface area contributed by atoms with Crippen LogP contribution in [0, 0.1) is 0 Å². The van der Waals surface area contributed by atoms with Gasteiger partial charge in [0.05, 0.1) is 11.0 Å². The van der Waals surface area contributed by atoms with Crippen molar-refractivity contribution in [2.45, 2.75) is 0 Å². The number of rotatable bonds is 7. The maximum atomic E-state index is 6.73. The molecular formula is C58H38N2O. The normalized spacial score (nSPS) is 11.6. The summed E-state index contributed by atoms with van der Waals surface area (Å²) < 4.78 is 9.16. The summed E-state index contributed by atoms with van der Waals surface area (Å²) in [5.41, 5.74) is 15.3. The van der Waals surface area contributed by atoms with Gasteiger partial charge in [0.2, 0.25) is 0 Å². The molecule has 286 valence electrons. The van der Waals surface area contributed by atoms with E-state index < -0.39 is 0 Å². The molecule has 0 fully saturated rings. The van der Waals surface area contributed by atoms with Gasteiger partial charge in [-0.2, -0.15) is 0 Å². The van der Waals surface area contributed by atoms with Crippen LogP contribution in [0.25, 0.3) is 93.6 Å². The second-order valence-electron chi connectivity index (χ2n) is 15.7. The molecule has 0 radical (unpaired) electrons. The van der Waals surface area contributed by atoms with Crippen molar-refractivity contribution in [3.63, 3.8) is 0 Å². The van der Waals surface area contributed by atoms with Gasteiger partial charge in [-0.25, -0.2) is 0 Å². The fourth-order valence-electron chi connectivity index (χ4n) is 9.19. The van der Waals surface area contributed by atoms with Gasteiger partial charge in [-0.05, 0) is 111 Å². The Morgan fingerprint density at radius 1 is 0.328 bits per heavy atom. The molecule has 0 unspecified atom stereocenters. The molecule has 0 N–H and O–H groups in total. The predicted octanol–water partition coefficient (Wildman–Crippen LogP) is 16.3. The maximum Gasteiger partial charge on any atom is 0.143 e. The van der Waals surface area contributed by atoms with Crippen LogP contribution in [0.1, 0.15) is 0 Å². The van der Waals surface area contributed by atoms with Gasteiger partial charge in [0, 0.05) is 49.9 Å². The van der Waals surface area contributed by atoms with E-state index in [9.17, 15) is 0 Å². The first-order valence-electron chi connectivity index (χ1n) is 20.8. The minimum atomic E-state index is 0.879. The zero-order valence-corrected chi connectivity index (χ0v) is 33.2. The third-order valence-corrected chi connectivity index (χ3v) is 12.2. The lowest BCUT2D eigenvalue weighted by molar-refractivity contribution is 0.670. The van der Waals surface area contributed by atoms with E-state index in [0.717, 1.165) is 55.8 Å². The predicted molar refractivity (Wildman–Crippen MR) is 257 cm³/mol. The van der Waals surface area contributed by atoms with Crippen molar-refractivity contribution < 1.29 is 4.42 Å². The quantitative estimate of drug-likeness (QED) is 0.161. The smallest absolute Gasteiger partial charge is 0.143 e. The summed E-state index contributed by atoms with van der Waals surface area (Å²) in [6.45, 7) is 0. The molecule has 0 aliphatic rings. The van der Waals surface area contributed by atoms with Crippen LogP contribution in [0.5, 0.6) is 0 Å². The molecule has 3 heteroatoms. The van der Waals surface area contributed by atoms with Crippen molar-refractivity contribution in [1.82, 2.24) is 4.57 Å². The second kappa shape index (κ2) is 14.3. The van der Waals surface area contributed by atoms with Crippen molar-refractivity contribution in [3.05, 3.63) is 231 Å². The van der Waals surface area contributed by atoms with Crippen molar-refractivity contribution in [2.24, 2.45) is 0 Å². The minimum Gasteiger partial charge on any atom is -0.455 e. The Labute approximate surface area is 353 Å². The molecule has 12 aromatic rings. The van der Waals surface area contributed by atoms with Crippen molar-refractivity contribution in [2.75, 3.05) is 4.90 Å². The molecular weight excluding hydrogens is 741 g/mol. The Balaban J connectivity index is 1.02. The van der Waals surface area contributed by atoms with Crippen LogP contribution < -0.4 is 4.90 Å².